The van der Waals surface area contributed by atoms with E-state index in [9.17, 15) is 4.79 Å². The summed E-state index contributed by atoms with van der Waals surface area (Å²) in [6, 6.07) is 9.43. The number of hydrogen-bond acceptors (Lipinski definition) is 5. The normalized spacial score (nSPS) is 10.9. The Balaban J connectivity index is 1.71. The van der Waals surface area contributed by atoms with Crippen molar-refractivity contribution in [3.05, 3.63) is 57.9 Å². The number of amides is 1. The first-order chi connectivity index (χ1) is 11.7. The van der Waals surface area contributed by atoms with Crippen LogP contribution in [0.2, 0.25) is 0 Å². The number of nitrogens with one attached hydrogen (secondary N) is 2. The van der Waals surface area contributed by atoms with E-state index in [4.69, 9.17) is 4.74 Å². The maximum atomic E-state index is 12.0. The fraction of sp³-hybridized carbons (Fsp3) is 0.118. The average Bonchev–Trinajstić information content (AvgIpc) is 3.24. The first-order valence-corrected chi connectivity index (χ1v) is 8.11. The number of hydrogen-bond donors (Lipinski definition) is 2. The van der Waals surface area contributed by atoms with E-state index in [0.717, 1.165) is 27.4 Å². The standard InChI is InChI=1S/C17H16N4O2S/c1-11-7-13(10-24-11)17(22)21-19-9-14-8-18-20-16(14)12-3-5-15(23-2)6-4-12/h3-10H,1-2H3,(H,18,20)(H,21,22)/b19-9-. The van der Waals surface area contributed by atoms with Crippen molar-refractivity contribution in [2.24, 2.45) is 5.10 Å². The molecule has 2 heterocycles. The highest BCUT2D eigenvalue weighted by molar-refractivity contribution is 7.10. The molecule has 3 rings (SSSR count). The summed E-state index contributed by atoms with van der Waals surface area (Å²) in [6.45, 7) is 1.96. The molecule has 122 valence electrons. The zero-order valence-electron chi connectivity index (χ0n) is 13.2. The van der Waals surface area contributed by atoms with E-state index in [1.165, 1.54) is 11.3 Å². The number of benzene rings is 1. The topological polar surface area (TPSA) is 79.4 Å². The summed E-state index contributed by atoms with van der Waals surface area (Å²) in [5.41, 5.74) is 5.69. The van der Waals surface area contributed by atoms with Gasteiger partial charge >= 0.3 is 0 Å². The van der Waals surface area contributed by atoms with Crippen molar-refractivity contribution in [2.75, 3.05) is 7.11 Å². The smallest absolute Gasteiger partial charge is 0.272 e. The highest BCUT2D eigenvalue weighted by atomic mass is 32.1. The summed E-state index contributed by atoms with van der Waals surface area (Å²) in [6.07, 6.45) is 3.23. The van der Waals surface area contributed by atoms with Gasteiger partial charge in [-0.3, -0.25) is 9.89 Å². The third-order valence-electron chi connectivity index (χ3n) is 3.41. The molecule has 2 aromatic heterocycles. The van der Waals surface area contributed by atoms with Crippen LogP contribution in [0.5, 0.6) is 5.75 Å². The number of carbonyl (C=O) groups is 1. The van der Waals surface area contributed by atoms with Crippen molar-refractivity contribution in [1.29, 1.82) is 0 Å². The van der Waals surface area contributed by atoms with Gasteiger partial charge < -0.3 is 4.74 Å². The lowest BCUT2D eigenvalue weighted by atomic mass is 10.1. The minimum atomic E-state index is -0.231. The predicted molar refractivity (Wildman–Crippen MR) is 94.7 cm³/mol. The van der Waals surface area contributed by atoms with Crippen molar-refractivity contribution in [3.8, 4) is 17.0 Å². The van der Waals surface area contributed by atoms with E-state index in [2.05, 4.69) is 20.7 Å². The number of carbonyl (C=O) groups excluding carboxylic acids is 1. The number of rotatable bonds is 5. The molecule has 0 radical (unpaired) electrons. The molecule has 3 aromatic rings. The Morgan fingerprint density at radius 1 is 1.38 bits per heavy atom. The Bertz CT molecular complexity index is 865. The Morgan fingerprint density at radius 2 is 2.17 bits per heavy atom. The molecule has 2 N–H and O–H groups in total. The molecule has 0 atom stereocenters. The summed E-state index contributed by atoms with van der Waals surface area (Å²) in [5, 5.41) is 12.8. The molecule has 1 aromatic carbocycles. The van der Waals surface area contributed by atoms with Crippen LogP contribution < -0.4 is 10.2 Å². The maximum absolute atomic E-state index is 12.0. The molecule has 0 fully saturated rings. The third kappa shape index (κ3) is 3.52. The quantitative estimate of drug-likeness (QED) is 0.553. The SMILES string of the molecule is COc1ccc(-c2[nH]ncc2/C=N\NC(=O)c2csc(C)c2)cc1. The number of H-pyrrole nitrogens is 1. The van der Waals surface area contributed by atoms with Crippen molar-refractivity contribution in [2.45, 2.75) is 6.92 Å². The number of aromatic amines is 1. The Morgan fingerprint density at radius 3 is 2.83 bits per heavy atom. The van der Waals surface area contributed by atoms with E-state index < -0.39 is 0 Å². The molecule has 0 aliphatic heterocycles. The zero-order chi connectivity index (χ0) is 16.9. The van der Waals surface area contributed by atoms with Gasteiger partial charge in [0.1, 0.15) is 5.75 Å². The van der Waals surface area contributed by atoms with Gasteiger partial charge in [0.15, 0.2) is 0 Å². The molecule has 0 bridgehead atoms. The van der Waals surface area contributed by atoms with Crippen LogP contribution in [0, 0.1) is 6.92 Å². The van der Waals surface area contributed by atoms with E-state index in [-0.39, 0.29) is 5.91 Å². The van der Waals surface area contributed by atoms with Crippen LogP contribution in [0.1, 0.15) is 20.8 Å². The lowest BCUT2D eigenvalue weighted by Crippen LogP contribution is -2.16. The monoisotopic (exact) mass is 340 g/mol. The molecule has 0 aliphatic rings. The molecule has 7 heteroatoms. The maximum Gasteiger partial charge on any atom is 0.272 e. The number of nitrogens with zero attached hydrogens (tertiary/aromatic N) is 2. The molecule has 0 saturated heterocycles. The van der Waals surface area contributed by atoms with Gasteiger partial charge in [0.05, 0.1) is 30.8 Å². The van der Waals surface area contributed by atoms with Crippen LogP contribution in [-0.2, 0) is 0 Å². The van der Waals surface area contributed by atoms with Crippen LogP contribution in [0.25, 0.3) is 11.3 Å². The Hall–Kier alpha value is -2.93. The van der Waals surface area contributed by atoms with Gasteiger partial charge in [-0.1, -0.05) is 0 Å². The largest absolute Gasteiger partial charge is 0.497 e. The van der Waals surface area contributed by atoms with Crippen molar-refractivity contribution >= 4 is 23.5 Å². The minimum absolute atomic E-state index is 0.231. The molecule has 0 saturated carbocycles. The van der Waals surface area contributed by atoms with E-state index in [1.807, 2.05) is 37.3 Å². The number of aryl methyl sites for hydroxylation is 1. The lowest BCUT2D eigenvalue weighted by Gasteiger charge is -2.02. The second kappa shape index (κ2) is 7.10. The lowest BCUT2D eigenvalue weighted by molar-refractivity contribution is 0.0955. The summed E-state index contributed by atoms with van der Waals surface area (Å²) in [7, 11) is 1.63. The minimum Gasteiger partial charge on any atom is -0.497 e. The van der Waals surface area contributed by atoms with Crippen LogP contribution in [0.15, 0.2) is 47.0 Å². The Labute approximate surface area is 143 Å². The second-order valence-electron chi connectivity index (χ2n) is 5.07. The first kappa shape index (κ1) is 15.9. The van der Waals surface area contributed by atoms with Crippen molar-refractivity contribution in [3.63, 3.8) is 0 Å². The van der Waals surface area contributed by atoms with Gasteiger partial charge in [-0.25, -0.2) is 5.43 Å². The van der Waals surface area contributed by atoms with Gasteiger partial charge in [-0.2, -0.15) is 10.2 Å². The summed E-state index contributed by atoms with van der Waals surface area (Å²) in [5.74, 6) is 0.553. The average molecular weight is 340 g/mol. The van der Waals surface area contributed by atoms with Crippen LogP contribution in [-0.4, -0.2) is 29.4 Å². The van der Waals surface area contributed by atoms with Gasteiger partial charge in [0.2, 0.25) is 0 Å². The van der Waals surface area contributed by atoms with Crippen molar-refractivity contribution in [1.82, 2.24) is 15.6 Å². The molecular formula is C17H16N4O2S. The van der Waals surface area contributed by atoms with Gasteiger partial charge in [0, 0.05) is 21.4 Å². The fourth-order valence-corrected chi connectivity index (χ4v) is 2.85. The molecule has 0 unspecified atom stereocenters. The predicted octanol–water partition coefficient (Wildman–Crippen LogP) is 3.22. The zero-order valence-corrected chi connectivity index (χ0v) is 14.1. The molecule has 1 amide bonds. The van der Waals surface area contributed by atoms with Crippen LogP contribution in [0.3, 0.4) is 0 Å². The highest BCUT2D eigenvalue weighted by Gasteiger charge is 2.08. The van der Waals surface area contributed by atoms with Gasteiger partial charge in [-0.05, 0) is 37.3 Å². The third-order valence-corrected chi connectivity index (χ3v) is 4.27. The molecule has 0 aliphatic carbocycles. The van der Waals surface area contributed by atoms with E-state index >= 15 is 0 Å². The molecule has 6 nitrogen and oxygen atoms in total. The number of aromatic nitrogens is 2. The van der Waals surface area contributed by atoms with Gasteiger partial charge in [-0.15, -0.1) is 11.3 Å². The van der Waals surface area contributed by atoms with Crippen LogP contribution in [0.4, 0.5) is 0 Å². The summed E-state index contributed by atoms with van der Waals surface area (Å²) >= 11 is 1.53. The summed E-state index contributed by atoms with van der Waals surface area (Å²) < 4.78 is 5.15. The molecular weight excluding hydrogens is 324 g/mol. The van der Waals surface area contributed by atoms with E-state index in [0.29, 0.717) is 5.56 Å². The molecule has 0 spiro atoms. The highest BCUT2D eigenvalue weighted by Crippen LogP contribution is 2.22. The first-order valence-electron chi connectivity index (χ1n) is 7.23. The van der Waals surface area contributed by atoms with Crippen LogP contribution >= 0.6 is 11.3 Å². The fourth-order valence-electron chi connectivity index (χ4n) is 2.17. The number of ether oxygens (including phenoxy) is 1. The number of thiophene rings is 1. The van der Waals surface area contributed by atoms with Crippen molar-refractivity contribution < 1.29 is 9.53 Å². The number of methoxy groups -OCH3 is 1. The number of hydrazone groups is 1. The second-order valence-corrected chi connectivity index (χ2v) is 6.19. The molecule has 24 heavy (non-hydrogen) atoms. The van der Waals surface area contributed by atoms with Gasteiger partial charge in [0.25, 0.3) is 5.91 Å². The van der Waals surface area contributed by atoms with E-state index in [1.54, 1.807) is 24.9 Å². The Kier molecular flexibility index (Phi) is 4.72. The summed E-state index contributed by atoms with van der Waals surface area (Å²) in [4.78, 5) is 13.0.